The van der Waals surface area contributed by atoms with Gasteiger partial charge in [-0.05, 0) is 30.2 Å². The van der Waals surface area contributed by atoms with E-state index < -0.39 is 0 Å². The fraction of sp³-hybridized carbons (Fsp3) is 0.750. The summed E-state index contributed by atoms with van der Waals surface area (Å²) in [6.07, 6.45) is 0. The Bertz CT molecular complexity index is 448. The average Bonchev–Trinajstić information content (AvgIpc) is 2.74. The lowest BCUT2D eigenvalue weighted by Crippen LogP contribution is -2.13. The summed E-state index contributed by atoms with van der Waals surface area (Å²) in [6, 6.07) is 0. The summed E-state index contributed by atoms with van der Waals surface area (Å²) in [5.41, 5.74) is 3.23. The third-order valence-electron chi connectivity index (χ3n) is 3.02. The van der Waals surface area contributed by atoms with Crippen molar-refractivity contribution in [1.29, 1.82) is 0 Å². The van der Waals surface area contributed by atoms with Gasteiger partial charge in [-0.25, -0.2) is 0 Å². The molecule has 0 radical (unpaired) electrons. The standard InChI is InChI=1S/C16H27OP/c1-14(2,3)10-11(15(4,5)6)12(10)18-13(17)16(7,8)9/h1-9H3. The maximum absolute atomic E-state index is 12.2. The van der Waals surface area contributed by atoms with Crippen LogP contribution in [0.1, 0.15) is 73.4 Å². The van der Waals surface area contributed by atoms with Gasteiger partial charge in [-0.15, -0.1) is 0 Å². The largest absolute Gasteiger partial charge is 0.289 e. The van der Waals surface area contributed by atoms with Crippen molar-refractivity contribution in [3.05, 3.63) is 16.1 Å². The monoisotopic (exact) mass is 266 g/mol. The maximum Gasteiger partial charge on any atom is 0.187 e. The molecule has 0 unspecified atom stereocenters. The second-order valence-corrected chi connectivity index (χ2v) is 9.34. The van der Waals surface area contributed by atoms with E-state index in [9.17, 15) is 4.79 Å². The number of hydrogen-bond donors (Lipinski definition) is 0. The van der Waals surface area contributed by atoms with Gasteiger partial charge in [0.05, 0.1) is 0 Å². The summed E-state index contributed by atoms with van der Waals surface area (Å²) in [5, 5.41) is 0. The minimum atomic E-state index is -0.247. The van der Waals surface area contributed by atoms with Crippen molar-refractivity contribution in [1.82, 2.24) is 0 Å². The van der Waals surface area contributed by atoms with Crippen LogP contribution in [0.25, 0.3) is 0 Å². The van der Waals surface area contributed by atoms with Crippen LogP contribution < -0.4 is 0 Å². The summed E-state index contributed by atoms with van der Waals surface area (Å²) < 4.78 is 0. The number of rotatable bonds is 1. The minimum Gasteiger partial charge on any atom is -0.289 e. The molecule has 102 valence electrons. The Labute approximate surface area is 113 Å². The van der Waals surface area contributed by atoms with Crippen LogP contribution in [-0.2, 0) is 15.6 Å². The molecular formula is C16H27OP. The highest BCUT2D eigenvalue weighted by Crippen LogP contribution is 2.47. The molecule has 1 nitrogen and oxygen atoms in total. The number of hydrogen-bond acceptors (Lipinski definition) is 1. The van der Waals surface area contributed by atoms with E-state index in [1.165, 1.54) is 16.1 Å². The van der Waals surface area contributed by atoms with Gasteiger partial charge in [-0.2, -0.15) is 0 Å². The van der Waals surface area contributed by atoms with Gasteiger partial charge >= 0.3 is 0 Å². The highest BCUT2D eigenvalue weighted by molar-refractivity contribution is 7.51. The van der Waals surface area contributed by atoms with Crippen molar-refractivity contribution in [3.8, 4) is 0 Å². The van der Waals surface area contributed by atoms with Crippen molar-refractivity contribution in [2.45, 2.75) is 73.1 Å². The van der Waals surface area contributed by atoms with Gasteiger partial charge in [0.2, 0.25) is 0 Å². The molecule has 0 saturated heterocycles. The predicted octanol–water partition coefficient (Wildman–Crippen LogP) is 5.21. The van der Waals surface area contributed by atoms with Gasteiger partial charge in [0.15, 0.2) is 5.52 Å². The summed E-state index contributed by atoms with van der Waals surface area (Å²) in [7, 11) is 0.891. The molecule has 0 fully saturated rings. The average molecular weight is 266 g/mol. The molecule has 0 aromatic heterocycles. The van der Waals surface area contributed by atoms with Gasteiger partial charge in [-0.1, -0.05) is 62.3 Å². The summed E-state index contributed by atoms with van der Waals surface area (Å²) >= 11 is 0. The third-order valence-corrected chi connectivity index (χ3v) is 4.56. The lowest BCUT2D eigenvalue weighted by atomic mass is 9.86. The first-order valence-corrected chi connectivity index (χ1v) is 7.55. The summed E-state index contributed by atoms with van der Waals surface area (Å²) in [6.45, 7) is 19.4. The Morgan fingerprint density at radius 3 is 1.33 bits per heavy atom. The molecule has 0 saturated carbocycles. The van der Waals surface area contributed by atoms with Crippen LogP contribution in [0.15, 0.2) is 0 Å². The molecule has 1 aromatic carbocycles. The van der Waals surface area contributed by atoms with Crippen LogP contribution in [0.3, 0.4) is 0 Å². The molecule has 0 bridgehead atoms. The van der Waals surface area contributed by atoms with Crippen LogP contribution in [0.5, 0.6) is 0 Å². The normalized spacial score (nSPS) is 14.5. The van der Waals surface area contributed by atoms with Gasteiger partial charge in [0, 0.05) is 10.4 Å². The molecule has 0 aliphatic carbocycles. The lowest BCUT2D eigenvalue weighted by molar-refractivity contribution is -0.117. The van der Waals surface area contributed by atoms with Crippen molar-refractivity contribution < 1.29 is 4.79 Å². The highest BCUT2D eigenvalue weighted by atomic mass is 31.1. The highest BCUT2D eigenvalue weighted by Gasteiger charge is 2.36. The number of carbonyl (C=O) groups excluding carboxylic acids is 1. The summed E-state index contributed by atoms with van der Waals surface area (Å²) in [4.78, 5) is 13.5. The molecule has 0 amide bonds. The predicted molar refractivity (Wildman–Crippen MR) is 80.8 cm³/mol. The first-order chi connectivity index (χ1) is 7.76. The molecular weight excluding hydrogens is 239 g/mol. The van der Waals surface area contributed by atoms with E-state index in [1.807, 2.05) is 20.8 Å². The Kier molecular flexibility index (Phi) is 3.74. The SMILES string of the molecule is CC(C)(C)C(=O)P=c1c(C(C)(C)C)c1C(C)(C)C. The van der Waals surface area contributed by atoms with Crippen LogP contribution >= 0.6 is 8.20 Å². The molecule has 18 heavy (non-hydrogen) atoms. The van der Waals surface area contributed by atoms with E-state index in [4.69, 9.17) is 0 Å². The molecule has 0 atom stereocenters. The second-order valence-electron chi connectivity index (χ2n) is 8.27. The van der Waals surface area contributed by atoms with E-state index in [0.717, 1.165) is 8.20 Å². The van der Waals surface area contributed by atoms with Gasteiger partial charge in [0.1, 0.15) is 0 Å². The Morgan fingerprint density at radius 1 is 0.778 bits per heavy atom. The van der Waals surface area contributed by atoms with Gasteiger partial charge in [0.25, 0.3) is 0 Å². The van der Waals surface area contributed by atoms with Gasteiger partial charge < -0.3 is 0 Å². The van der Waals surface area contributed by atoms with E-state index in [0.29, 0.717) is 5.52 Å². The Hall–Kier alpha value is -0.420. The Morgan fingerprint density at radius 2 is 1.11 bits per heavy atom. The summed E-state index contributed by atoms with van der Waals surface area (Å²) in [5.74, 6) is 0. The van der Waals surface area contributed by atoms with Crippen LogP contribution in [0.2, 0.25) is 0 Å². The van der Waals surface area contributed by atoms with Crippen molar-refractivity contribution in [2.24, 2.45) is 5.41 Å². The lowest BCUT2D eigenvalue weighted by Gasteiger charge is -2.18. The van der Waals surface area contributed by atoms with E-state index in [1.54, 1.807) is 0 Å². The molecule has 0 spiro atoms. The Balaban J connectivity index is 3.28. The maximum atomic E-state index is 12.2. The van der Waals surface area contributed by atoms with Gasteiger partial charge in [-0.3, -0.25) is 4.79 Å². The van der Waals surface area contributed by atoms with Crippen molar-refractivity contribution in [2.75, 3.05) is 0 Å². The zero-order valence-electron chi connectivity index (χ0n) is 13.4. The minimum absolute atomic E-state index is 0.156. The zero-order valence-corrected chi connectivity index (χ0v) is 14.2. The van der Waals surface area contributed by atoms with Crippen LogP contribution in [0, 0.1) is 10.4 Å². The van der Waals surface area contributed by atoms with Crippen LogP contribution in [0.4, 0.5) is 0 Å². The van der Waals surface area contributed by atoms with Crippen LogP contribution in [-0.4, -0.2) is 5.52 Å². The molecule has 0 N–H and O–H groups in total. The first kappa shape index (κ1) is 15.6. The van der Waals surface area contributed by atoms with E-state index in [-0.39, 0.29) is 16.2 Å². The molecule has 0 aliphatic rings. The molecule has 0 heterocycles. The van der Waals surface area contributed by atoms with E-state index in [2.05, 4.69) is 41.5 Å². The molecule has 1 rings (SSSR count). The topological polar surface area (TPSA) is 17.1 Å². The molecule has 1 aromatic rings. The fourth-order valence-corrected chi connectivity index (χ4v) is 3.62. The second kappa shape index (κ2) is 4.30. The molecule has 0 aliphatic heterocycles. The fourth-order valence-electron chi connectivity index (χ4n) is 2.02. The third kappa shape index (κ3) is 3.32. The number of carbonyl (C=O) groups is 1. The smallest absolute Gasteiger partial charge is 0.187 e. The van der Waals surface area contributed by atoms with E-state index >= 15 is 0 Å². The van der Waals surface area contributed by atoms with Crippen molar-refractivity contribution in [3.63, 3.8) is 0 Å². The quantitative estimate of drug-likeness (QED) is 0.638. The van der Waals surface area contributed by atoms with Crippen molar-refractivity contribution >= 4 is 13.7 Å². The zero-order chi connectivity index (χ0) is 14.5. The molecule has 2 heteroatoms. The first-order valence-electron chi connectivity index (χ1n) is 6.65.